The Balaban J connectivity index is 2.45. The van der Waals surface area contributed by atoms with Crippen LogP contribution in [-0.2, 0) is 11.3 Å². The molecule has 0 aliphatic rings. The van der Waals surface area contributed by atoms with Crippen molar-refractivity contribution in [3.63, 3.8) is 0 Å². The third kappa shape index (κ3) is 5.12. The molecule has 5 heteroatoms. The molecule has 1 rings (SSSR count). The number of methoxy groups -OCH3 is 1. The largest absolute Gasteiger partial charge is 0.395 e. The monoisotopic (exact) mass is 305 g/mol. The summed E-state index contributed by atoms with van der Waals surface area (Å²) in [5, 5.41) is 12.3. The number of aliphatic hydroxyl groups is 1. The molecule has 96 valence electrons. The molecule has 1 unspecified atom stereocenters. The molecule has 0 amide bonds. The normalized spacial score (nSPS) is 12.7. The highest BCUT2D eigenvalue weighted by Crippen LogP contribution is 2.16. The molecule has 17 heavy (non-hydrogen) atoms. The molecule has 1 aromatic carbocycles. The van der Waals surface area contributed by atoms with Crippen molar-refractivity contribution in [2.24, 2.45) is 0 Å². The van der Waals surface area contributed by atoms with E-state index in [4.69, 9.17) is 9.84 Å². The summed E-state index contributed by atoms with van der Waals surface area (Å²) in [6.45, 7) is 1.25. The minimum atomic E-state index is -0.271. The van der Waals surface area contributed by atoms with E-state index < -0.39 is 0 Å². The predicted octanol–water partition coefficient (Wildman–Crippen LogP) is 2.08. The average Bonchev–Trinajstić information content (AvgIpc) is 2.34. The van der Waals surface area contributed by atoms with Gasteiger partial charge in [0.25, 0.3) is 0 Å². The van der Waals surface area contributed by atoms with Gasteiger partial charge in [-0.2, -0.15) is 0 Å². The summed E-state index contributed by atoms with van der Waals surface area (Å²) in [4.78, 5) is 0. The molecular weight excluding hydrogens is 289 g/mol. The van der Waals surface area contributed by atoms with E-state index in [1.54, 1.807) is 19.2 Å². The Hall–Kier alpha value is -0.490. The van der Waals surface area contributed by atoms with Gasteiger partial charge in [-0.3, -0.25) is 0 Å². The van der Waals surface area contributed by atoms with Crippen molar-refractivity contribution >= 4 is 15.9 Å². The third-order valence-electron chi connectivity index (χ3n) is 2.47. The molecule has 1 aromatic rings. The third-order valence-corrected chi connectivity index (χ3v) is 3.08. The zero-order valence-electron chi connectivity index (χ0n) is 9.75. The van der Waals surface area contributed by atoms with E-state index in [9.17, 15) is 4.39 Å². The molecule has 0 fully saturated rings. The molecule has 0 saturated carbocycles. The summed E-state index contributed by atoms with van der Waals surface area (Å²) in [6, 6.07) is 4.87. The van der Waals surface area contributed by atoms with Crippen LogP contribution >= 0.6 is 15.9 Å². The molecule has 3 nitrogen and oxygen atoms in total. The Morgan fingerprint density at radius 1 is 1.53 bits per heavy atom. The van der Waals surface area contributed by atoms with Crippen LogP contribution in [0.3, 0.4) is 0 Å². The number of hydrogen-bond acceptors (Lipinski definition) is 3. The van der Waals surface area contributed by atoms with Crippen LogP contribution in [0.1, 0.15) is 12.0 Å². The smallest absolute Gasteiger partial charge is 0.137 e. The number of nitrogens with one attached hydrogen (secondary N) is 1. The molecule has 0 aliphatic heterocycles. The van der Waals surface area contributed by atoms with Crippen LogP contribution in [0, 0.1) is 5.82 Å². The van der Waals surface area contributed by atoms with Gasteiger partial charge >= 0.3 is 0 Å². The number of rotatable bonds is 7. The Kier molecular flexibility index (Phi) is 6.65. The molecule has 0 aliphatic carbocycles. The number of benzene rings is 1. The van der Waals surface area contributed by atoms with Crippen LogP contribution in [0.25, 0.3) is 0 Å². The van der Waals surface area contributed by atoms with Crippen LogP contribution in [0.4, 0.5) is 4.39 Å². The van der Waals surface area contributed by atoms with Gasteiger partial charge in [-0.1, -0.05) is 6.07 Å². The van der Waals surface area contributed by atoms with Gasteiger partial charge in [0.15, 0.2) is 0 Å². The first-order valence-corrected chi connectivity index (χ1v) is 6.23. The standard InChI is InChI=1S/C12H17BrFNO2/c1-17-5-4-10(8-16)15-7-9-2-3-12(14)11(13)6-9/h2-3,6,10,15-16H,4-5,7-8H2,1H3. The fraction of sp³-hybridized carbons (Fsp3) is 0.500. The lowest BCUT2D eigenvalue weighted by Gasteiger charge is -2.15. The first-order valence-electron chi connectivity index (χ1n) is 5.44. The van der Waals surface area contributed by atoms with Crippen LogP contribution in [0.5, 0.6) is 0 Å². The van der Waals surface area contributed by atoms with E-state index in [1.807, 2.05) is 0 Å². The maximum absolute atomic E-state index is 13.0. The Morgan fingerprint density at radius 2 is 2.29 bits per heavy atom. The van der Waals surface area contributed by atoms with E-state index in [2.05, 4.69) is 21.2 Å². The van der Waals surface area contributed by atoms with Crippen molar-refractivity contribution in [3.05, 3.63) is 34.1 Å². The van der Waals surface area contributed by atoms with Gasteiger partial charge in [-0.15, -0.1) is 0 Å². The van der Waals surface area contributed by atoms with Crippen molar-refractivity contribution < 1.29 is 14.2 Å². The minimum Gasteiger partial charge on any atom is -0.395 e. The fourth-order valence-electron chi connectivity index (χ4n) is 1.43. The molecule has 2 N–H and O–H groups in total. The zero-order valence-corrected chi connectivity index (χ0v) is 11.3. The molecule has 0 aromatic heterocycles. The van der Waals surface area contributed by atoms with E-state index in [1.165, 1.54) is 6.07 Å². The van der Waals surface area contributed by atoms with Crippen LogP contribution < -0.4 is 5.32 Å². The van der Waals surface area contributed by atoms with Gasteiger partial charge in [0.2, 0.25) is 0 Å². The second-order valence-corrected chi connectivity index (χ2v) is 4.64. The molecular formula is C12H17BrFNO2. The summed E-state index contributed by atoms with van der Waals surface area (Å²) in [5.74, 6) is -0.271. The van der Waals surface area contributed by atoms with E-state index in [0.29, 0.717) is 17.6 Å². The second kappa shape index (κ2) is 7.76. The minimum absolute atomic E-state index is 0.00113. The van der Waals surface area contributed by atoms with Gasteiger partial charge in [0.05, 0.1) is 11.1 Å². The van der Waals surface area contributed by atoms with Crippen LogP contribution in [0.15, 0.2) is 22.7 Å². The van der Waals surface area contributed by atoms with E-state index in [-0.39, 0.29) is 18.5 Å². The van der Waals surface area contributed by atoms with Gasteiger partial charge in [-0.25, -0.2) is 4.39 Å². The maximum atomic E-state index is 13.0. The summed E-state index contributed by atoms with van der Waals surface area (Å²) < 4.78 is 18.4. The summed E-state index contributed by atoms with van der Waals surface area (Å²) in [7, 11) is 1.63. The summed E-state index contributed by atoms with van der Waals surface area (Å²) in [6.07, 6.45) is 0.745. The van der Waals surface area contributed by atoms with Crippen molar-refractivity contribution in [1.82, 2.24) is 5.32 Å². The first-order chi connectivity index (χ1) is 8.17. The lowest BCUT2D eigenvalue weighted by molar-refractivity contribution is 0.159. The van der Waals surface area contributed by atoms with Gasteiger partial charge < -0.3 is 15.2 Å². The molecule has 0 spiro atoms. The van der Waals surface area contributed by atoms with Crippen molar-refractivity contribution in [2.75, 3.05) is 20.3 Å². The first kappa shape index (κ1) is 14.6. The van der Waals surface area contributed by atoms with E-state index in [0.717, 1.165) is 12.0 Å². The van der Waals surface area contributed by atoms with Gasteiger partial charge in [-0.05, 0) is 40.0 Å². The highest BCUT2D eigenvalue weighted by Gasteiger charge is 2.07. The van der Waals surface area contributed by atoms with Gasteiger partial charge in [0, 0.05) is 26.3 Å². The lowest BCUT2D eigenvalue weighted by atomic mass is 10.2. The highest BCUT2D eigenvalue weighted by molar-refractivity contribution is 9.10. The van der Waals surface area contributed by atoms with Crippen LogP contribution in [0.2, 0.25) is 0 Å². The maximum Gasteiger partial charge on any atom is 0.137 e. The van der Waals surface area contributed by atoms with Crippen molar-refractivity contribution in [2.45, 2.75) is 19.0 Å². The Labute approximate surface area is 109 Å². The van der Waals surface area contributed by atoms with Crippen molar-refractivity contribution in [1.29, 1.82) is 0 Å². The second-order valence-electron chi connectivity index (χ2n) is 3.79. The molecule has 0 saturated heterocycles. The Bertz CT molecular complexity index is 349. The lowest BCUT2D eigenvalue weighted by Crippen LogP contribution is -2.33. The SMILES string of the molecule is COCCC(CO)NCc1ccc(F)c(Br)c1. The predicted molar refractivity (Wildman–Crippen MR) is 68.3 cm³/mol. The zero-order chi connectivity index (χ0) is 12.7. The average molecular weight is 306 g/mol. The highest BCUT2D eigenvalue weighted by atomic mass is 79.9. The van der Waals surface area contributed by atoms with Crippen molar-refractivity contribution in [3.8, 4) is 0 Å². The molecule has 0 radical (unpaired) electrons. The molecule has 0 heterocycles. The molecule has 1 atom stereocenters. The number of halogens is 2. The quantitative estimate of drug-likeness (QED) is 0.810. The topological polar surface area (TPSA) is 41.5 Å². The van der Waals surface area contributed by atoms with Crippen LogP contribution in [-0.4, -0.2) is 31.5 Å². The van der Waals surface area contributed by atoms with Gasteiger partial charge in [0.1, 0.15) is 5.82 Å². The Morgan fingerprint density at radius 3 is 2.88 bits per heavy atom. The number of hydrogen-bond donors (Lipinski definition) is 2. The fourth-order valence-corrected chi connectivity index (χ4v) is 1.86. The summed E-state index contributed by atoms with van der Waals surface area (Å²) >= 11 is 3.14. The number of aliphatic hydroxyl groups excluding tert-OH is 1. The van der Waals surface area contributed by atoms with E-state index >= 15 is 0 Å². The summed E-state index contributed by atoms with van der Waals surface area (Å²) in [5.41, 5.74) is 0.967. The molecule has 0 bridgehead atoms. The number of ether oxygens (including phenoxy) is 1.